The summed E-state index contributed by atoms with van der Waals surface area (Å²) < 4.78 is 4.92. The first-order chi connectivity index (χ1) is 6.92. The Morgan fingerprint density at radius 1 is 1.47 bits per heavy atom. The molecule has 0 aromatic rings. The largest absolute Gasteiger partial charge is 0.480 e. The molecule has 0 saturated heterocycles. The summed E-state index contributed by atoms with van der Waals surface area (Å²) in [5.74, 6) is -0.732. The SMILES string of the molecule is COCCNC1(C(=O)O)CCC(C)(C)C1. The molecule has 1 unspecified atom stereocenters. The van der Waals surface area contributed by atoms with Gasteiger partial charge in [-0.1, -0.05) is 13.8 Å². The summed E-state index contributed by atoms with van der Waals surface area (Å²) in [5, 5.41) is 12.4. The Kier molecular flexibility index (Phi) is 3.73. The molecule has 0 aliphatic heterocycles. The van der Waals surface area contributed by atoms with Crippen LogP contribution in [0.1, 0.15) is 33.1 Å². The molecule has 1 fully saturated rings. The van der Waals surface area contributed by atoms with Gasteiger partial charge in [-0.25, -0.2) is 0 Å². The zero-order chi connectivity index (χ0) is 11.5. The number of rotatable bonds is 5. The molecule has 0 aromatic carbocycles. The maximum atomic E-state index is 11.3. The van der Waals surface area contributed by atoms with Gasteiger partial charge in [0.15, 0.2) is 0 Å². The van der Waals surface area contributed by atoms with Crippen molar-refractivity contribution in [1.29, 1.82) is 0 Å². The summed E-state index contributed by atoms with van der Waals surface area (Å²) in [6, 6.07) is 0. The van der Waals surface area contributed by atoms with Gasteiger partial charge in [0.05, 0.1) is 6.61 Å². The molecule has 1 aliphatic rings. The maximum absolute atomic E-state index is 11.3. The highest BCUT2D eigenvalue weighted by Gasteiger charge is 2.48. The van der Waals surface area contributed by atoms with Crippen LogP contribution in [0.4, 0.5) is 0 Å². The maximum Gasteiger partial charge on any atom is 0.323 e. The van der Waals surface area contributed by atoms with Crippen LogP contribution in [0.15, 0.2) is 0 Å². The molecule has 0 aromatic heterocycles. The topological polar surface area (TPSA) is 58.6 Å². The highest BCUT2D eigenvalue weighted by atomic mass is 16.5. The van der Waals surface area contributed by atoms with Gasteiger partial charge < -0.3 is 9.84 Å². The molecule has 88 valence electrons. The summed E-state index contributed by atoms with van der Waals surface area (Å²) in [7, 11) is 1.62. The smallest absolute Gasteiger partial charge is 0.323 e. The quantitative estimate of drug-likeness (QED) is 0.678. The third-order valence-corrected chi connectivity index (χ3v) is 3.19. The van der Waals surface area contributed by atoms with Crippen molar-refractivity contribution in [3.63, 3.8) is 0 Å². The summed E-state index contributed by atoms with van der Waals surface area (Å²) in [4.78, 5) is 11.3. The van der Waals surface area contributed by atoms with E-state index in [4.69, 9.17) is 4.74 Å². The van der Waals surface area contributed by atoms with E-state index >= 15 is 0 Å². The van der Waals surface area contributed by atoms with E-state index in [0.717, 1.165) is 6.42 Å². The first-order valence-electron chi connectivity index (χ1n) is 5.39. The second-order valence-electron chi connectivity index (χ2n) is 5.15. The molecular weight excluding hydrogens is 194 g/mol. The van der Waals surface area contributed by atoms with Gasteiger partial charge in [0.1, 0.15) is 5.54 Å². The Labute approximate surface area is 91.0 Å². The van der Waals surface area contributed by atoms with Gasteiger partial charge in [-0.2, -0.15) is 0 Å². The van der Waals surface area contributed by atoms with E-state index in [9.17, 15) is 9.90 Å². The lowest BCUT2D eigenvalue weighted by Crippen LogP contribution is -2.51. The van der Waals surface area contributed by atoms with Crippen LogP contribution < -0.4 is 5.32 Å². The molecular formula is C11H21NO3. The second-order valence-corrected chi connectivity index (χ2v) is 5.15. The number of hydrogen-bond donors (Lipinski definition) is 2. The number of carboxylic acid groups (broad SMARTS) is 1. The van der Waals surface area contributed by atoms with Crippen LogP contribution in [0, 0.1) is 5.41 Å². The zero-order valence-electron chi connectivity index (χ0n) is 9.80. The first kappa shape index (κ1) is 12.5. The standard InChI is InChI=1S/C11H21NO3/c1-10(2)4-5-11(8-10,9(13)14)12-6-7-15-3/h12H,4-8H2,1-3H3,(H,13,14). The molecule has 0 bridgehead atoms. The predicted octanol–water partition coefficient (Wildman–Crippen LogP) is 1.26. The second kappa shape index (κ2) is 4.49. The number of nitrogens with one attached hydrogen (secondary N) is 1. The van der Waals surface area contributed by atoms with Crippen molar-refractivity contribution in [2.75, 3.05) is 20.3 Å². The fraction of sp³-hybridized carbons (Fsp3) is 0.909. The van der Waals surface area contributed by atoms with Crippen LogP contribution in [0.3, 0.4) is 0 Å². The van der Waals surface area contributed by atoms with Crippen molar-refractivity contribution in [2.45, 2.75) is 38.6 Å². The Morgan fingerprint density at radius 3 is 2.53 bits per heavy atom. The Bertz CT molecular complexity index is 240. The first-order valence-corrected chi connectivity index (χ1v) is 5.39. The van der Waals surface area contributed by atoms with E-state index < -0.39 is 11.5 Å². The van der Waals surface area contributed by atoms with Crippen molar-refractivity contribution in [3.8, 4) is 0 Å². The molecule has 4 nitrogen and oxygen atoms in total. The fourth-order valence-corrected chi connectivity index (χ4v) is 2.35. The van der Waals surface area contributed by atoms with Crippen molar-refractivity contribution in [2.24, 2.45) is 5.41 Å². The van der Waals surface area contributed by atoms with Crippen molar-refractivity contribution < 1.29 is 14.6 Å². The number of carboxylic acids is 1. The summed E-state index contributed by atoms with van der Waals surface area (Å²) in [6.07, 6.45) is 2.36. The van der Waals surface area contributed by atoms with Crippen molar-refractivity contribution in [1.82, 2.24) is 5.32 Å². The van der Waals surface area contributed by atoms with Crippen molar-refractivity contribution >= 4 is 5.97 Å². The fourth-order valence-electron chi connectivity index (χ4n) is 2.35. The van der Waals surface area contributed by atoms with Gasteiger partial charge in [0.2, 0.25) is 0 Å². The average Bonchev–Trinajstić information content (AvgIpc) is 2.44. The minimum Gasteiger partial charge on any atom is -0.480 e. The lowest BCUT2D eigenvalue weighted by atomic mass is 9.87. The van der Waals surface area contributed by atoms with Gasteiger partial charge in [-0.3, -0.25) is 10.1 Å². The Morgan fingerprint density at radius 2 is 2.13 bits per heavy atom. The van der Waals surface area contributed by atoms with Crippen LogP contribution in [-0.2, 0) is 9.53 Å². The highest BCUT2D eigenvalue weighted by Crippen LogP contribution is 2.43. The van der Waals surface area contributed by atoms with E-state index in [-0.39, 0.29) is 5.41 Å². The molecule has 0 heterocycles. The van der Waals surface area contributed by atoms with E-state index in [1.807, 2.05) is 0 Å². The highest BCUT2D eigenvalue weighted by molar-refractivity contribution is 5.79. The van der Waals surface area contributed by atoms with Gasteiger partial charge in [0.25, 0.3) is 0 Å². The number of carbonyl (C=O) groups is 1. The average molecular weight is 215 g/mol. The van der Waals surface area contributed by atoms with Crippen LogP contribution in [0.25, 0.3) is 0 Å². The molecule has 4 heteroatoms. The number of aliphatic carboxylic acids is 1. The Balaban J connectivity index is 2.61. The molecule has 1 saturated carbocycles. The molecule has 15 heavy (non-hydrogen) atoms. The lowest BCUT2D eigenvalue weighted by molar-refractivity contribution is -0.145. The monoisotopic (exact) mass is 215 g/mol. The van der Waals surface area contributed by atoms with Gasteiger partial charge >= 0.3 is 5.97 Å². The minimum atomic E-state index is -0.734. The third-order valence-electron chi connectivity index (χ3n) is 3.19. The Hall–Kier alpha value is -0.610. The summed E-state index contributed by atoms with van der Waals surface area (Å²) in [6.45, 7) is 5.39. The molecule has 1 rings (SSSR count). The summed E-state index contributed by atoms with van der Waals surface area (Å²) >= 11 is 0. The minimum absolute atomic E-state index is 0.123. The molecule has 0 spiro atoms. The molecule has 1 atom stereocenters. The molecule has 1 aliphatic carbocycles. The van der Waals surface area contributed by atoms with Gasteiger partial charge in [-0.15, -0.1) is 0 Å². The molecule has 0 radical (unpaired) electrons. The summed E-state index contributed by atoms with van der Waals surface area (Å²) in [5.41, 5.74) is -0.611. The van der Waals surface area contributed by atoms with Crippen LogP contribution in [0.2, 0.25) is 0 Å². The normalized spacial score (nSPS) is 29.3. The van der Waals surface area contributed by atoms with Gasteiger partial charge in [-0.05, 0) is 24.7 Å². The zero-order valence-corrected chi connectivity index (χ0v) is 9.80. The predicted molar refractivity (Wildman–Crippen MR) is 57.9 cm³/mol. The van der Waals surface area contributed by atoms with Gasteiger partial charge in [0, 0.05) is 13.7 Å². The van der Waals surface area contributed by atoms with E-state index in [0.29, 0.717) is 26.0 Å². The third kappa shape index (κ3) is 2.92. The van der Waals surface area contributed by atoms with E-state index in [1.165, 1.54) is 0 Å². The van der Waals surface area contributed by atoms with Crippen LogP contribution in [-0.4, -0.2) is 36.9 Å². The van der Waals surface area contributed by atoms with E-state index in [1.54, 1.807) is 7.11 Å². The lowest BCUT2D eigenvalue weighted by Gasteiger charge is -2.27. The number of methoxy groups -OCH3 is 1. The van der Waals surface area contributed by atoms with E-state index in [2.05, 4.69) is 19.2 Å². The van der Waals surface area contributed by atoms with Crippen molar-refractivity contribution in [3.05, 3.63) is 0 Å². The van der Waals surface area contributed by atoms with Crippen LogP contribution in [0.5, 0.6) is 0 Å². The molecule has 0 amide bonds. The number of hydrogen-bond acceptors (Lipinski definition) is 3. The van der Waals surface area contributed by atoms with Crippen LogP contribution >= 0.6 is 0 Å². The molecule has 2 N–H and O–H groups in total. The number of ether oxygens (including phenoxy) is 1.